The fourth-order valence-corrected chi connectivity index (χ4v) is 2.52. The summed E-state index contributed by atoms with van der Waals surface area (Å²) in [6.07, 6.45) is 3.98. The highest BCUT2D eigenvalue weighted by atomic mass is 32.2. The molecule has 1 aliphatic heterocycles. The highest BCUT2D eigenvalue weighted by Crippen LogP contribution is 2.06. The van der Waals surface area contributed by atoms with Gasteiger partial charge in [-0.05, 0) is 30.7 Å². The minimum Gasteiger partial charge on any atom is -0.373 e. The van der Waals surface area contributed by atoms with Gasteiger partial charge in [0.05, 0.1) is 31.4 Å². The van der Waals surface area contributed by atoms with Crippen LogP contribution in [-0.2, 0) is 21.3 Å². The lowest BCUT2D eigenvalue weighted by Gasteiger charge is -2.23. The Morgan fingerprint density at radius 1 is 1.35 bits per heavy atom. The van der Waals surface area contributed by atoms with Crippen molar-refractivity contribution in [2.75, 3.05) is 32.1 Å². The van der Waals surface area contributed by atoms with Gasteiger partial charge >= 0.3 is 0 Å². The van der Waals surface area contributed by atoms with E-state index in [1.807, 2.05) is 29.1 Å². The maximum Gasteiger partial charge on any atom is 0.273 e. The van der Waals surface area contributed by atoms with Crippen molar-refractivity contribution in [1.82, 2.24) is 4.90 Å². The number of hydrogen-bond acceptors (Lipinski definition) is 4. The molecule has 1 N–H and O–H groups in total. The minimum atomic E-state index is -3.91. The number of hydrogen-bond donors (Lipinski definition) is 1. The smallest absolute Gasteiger partial charge is 0.273 e. The van der Waals surface area contributed by atoms with E-state index < -0.39 is 10.1 Å². The molecule has 0 radical (unpaired) electrons. The first-order chi connectivity index (χ1) is 9.46. The van der Waals surface area contributed by atoms with E-state index in [-0.39, 0.29) is 5.75 Å². The van der Waals surface area contributed by atoms with Crippen molar-refractivity contribution in [3.8, 4) is 0 Å². The first-order valence-electron chi connectivity index (χ1n) is 6.43. The summed E-state index contributed by atoms with van der Waals surface area (Å²) in [5.41, 5.74) is 0.855. The lowest BCUT2D eigenvalue weighted by atomic mass is 10.2. The molecular weight excluding hydrogens is 280 g/mol. The van der Waals surface area contributed by atoms with E-state index >= 15 is 0 Å². The van der Waals surface area contributed by atoms with Crippen molar-refractivity contribution < 1.29 is 22.3 Å². The summed E-state index contributed by atoms with van der Waals surface area (Å²) in [5, 5.41) is 0. The zero-order valence-electron chi connectivity index (χ0n) is 11.2. The zero-order valence-corrected chi connectivity index (χ0v) is 12.1. The molecule has 0 aliphatic carbocycles. The van der Waals surface area contributed by atoms with Crippen LogP contribution >= 0.6 is 0 Å². The molecule has 0 amide bonds. The molecule has 6 nitrogen and oxygen atoms in total. The van der Waals surface area contributed by atoms with E-state index in [1.54, 1.807) is 0 Å². The van der Waals surface area contributed by atoms with E-state index in [0.717, 1.165) is 24.5 Å². The number of aromatic nitrogens is 1. The summed E-state index contributed by atoms with van der Waals surface area (Å²) >= 11 is 0. The van der Waals surface area contributed by atoms with E-state index in [9.17, 15) is 8.42 Å². The Kier molecular flexibility index (Phi) is 4.74. The van der Waals surface area contributed by atoms with E-state index in [0.29, 0.717) is 19.6 Å². The number of aryl methyl sites for hydroxylation is 1. The van der Waals surface area contributed by atoms with Crippen molar-refractivity contribution in [2.45, 2.75) is 6.42 Å². The third-order valence-electron chi connectivity index (χ3n) is 3.22. The SMILES string of the molecule is C=C(N1CCOCC1)[n+]1ccc(CCS(=O)(=O)O)cc1. The average Bonchev–Trinajstić information content (AvgIpc) is 2.45. The molecule has 1 aromatic heterocycles. The molecule has 0 bridgehead atoms. The largest absolute Gasteiger partial charge is 0.373 e. The van der Waals surface area contributed by atoms with Crippen molar-refractivity contribution >= 4 is 15.9 Å². The lowest BCUT2D eigenvalue weighted by Crippen LogP contribution is -2.45. The molecule has 1 aromatic rings. The highest BCUT2D eigenvalue weighted by molar-refractivity contribution is 7.85. The van der Waals surface area contributed by atoms with Gasteiger partial charge < -0.3 is 4.74 Å². The van der Waals surface area contributed by atoms with Gasteiger partial charge in [-0.3, -0.25) is 9.45 Å². The molecule has 0 spiro atoms. The summed E-state index contributed by atoms with van der Waals surface area (Å²) in [7, 11) is -3.91. The fourth-order valence-electron chi connectivity index (χ4n) is 2.03. The third-order valence-corrected chi connectivity index (χ3v) is 3.94. The summed E-state index contributed by atoms with van der Waals surface area (Å²) in [6.45, 7) is 7.09. The quantitative estimate of drug-likeness (QED) is 0.620. The highest BCUT2D eigenvalue weighted by Gasteiger charge is 2.20. The normalized spacial score (nSPS) is 16.1. The number of pyridine rings is 1. The van der Waals surface area contributed by atoms with Gasteiger partial charge in [-0.2, -0.15) is 8.42 Å². The van der Waals surface area contributed by atoms with Gasteiger partial charge in [-0.25, -0.2) is 4.57 Å². The summed E-state index contributed by atoms with van der Waals surface area (Å²) in [6, 6.07) is 3.66. The Labute approximate surface area is 119 Å². The van der Waals surface area contributed by atoms with Crippen LogP contribution in [0.15, 0.2) is 31.1 Å². The second-order valence-electron chi connectivity index (χ2n) is 4.67. The van der Waals surface area contributed by atoms with Crippen LogP contribution in [0.25, 0.3) is 5.82 Å². The van der Waals surface area contributed by atoms with Gasteiger partial charge in [0.25, 0.3) is 15.9 Å². The topological polar surface area (TPSA) is 70.7 Å². The van der Waals surface area contributed by atoms with Crippen molar-refractivity contribution in [3.05, 3.63) is 36.7 Å². The maximum atomic E-state index is 10.7. The third kappa shape index (κ3) is 4.29. The van der Waals surface area contributed by atoms with Crippen LogP contribution in [0, 0.1) is 0 Å². The van der Waals surface area contributed by atoms with Gasteiger partial charge in [0.2, 0.25) is 0 Å². The van der Waals surface area contributed by atoms with Gasteiger partial charge in [-0.1, -0.05) is 0 Å². The van der Waals surface area contributed by atoms with Crippen LogP contribution in [-0.4, -0.2) is 49.9 Å². The first-order valence-corrected chi connectivity index (χ1v) is 8.04. The van der Waals surface area contributed by atoms with Gasteiger partial charge in [0.1, 0.15) is 13.1 Å². The molecule has 7 heteroatoms. The molecule has 1 saturated heterocycles. The second-order valence-corrected chi connectivity index (χ2v) is 6.24. The van der Waals surface area contributed by atoms with E-state index in [2.05, 4.69) is 11.5 Å². The number of rotatable bonds is 5. The molecule has 0 unspecified atom stereocenters. The molecule has 110 valence electrons. The molecule has 0 atom stereocenters. The van der Waals surface area contributed by atoms with Gasteiger partial charge in [-0.15, -0.1) is 0 Å². The van der Waals surface area contributed by atoms with E-state index in [4.69, 9.17) is 9.29 Å². The molecule has 0 aromatic carbocycles. The predicted octanol–water partition coefficient (Wildman–Crippen LogP) is 0.165. The Morgan fingerprint density at radius 2 is 1.95 bits per heavy atom. The van der Waals surface area contributed by atoms with Crippen LogP contribution in [0.1, 0.15) is 5.56 Å². The average molecular weight is 299 g/mol. The summed E-state index contributed by atoms with van der Waals surface area (Å²) in [4.78, 5) is 2.14. The Bertz CT molecular complexity index is 563. The van der Waals surface area contributed by atoms with Crippen LogP contribution in [0.3, 0.4) is 0 Å². The van der Waals surface area contributed by atoms with Crippen molar-refractivity contribution in [3.63, 3.8) is 0 Å². The molecule has 2 rings (SSSR count). The molecule has 20 heavy (non-hydrogen) atoms. The van der Waals surface area contributed by atoms with E-state index in [1.165, 1.54) is 0 Å². The molecule has 1 fully saturated rings. The lowest BCUT2D eigenvalue weighted by molar-refractivity contribution is -0.592. The molecule has 0 saturated carbocycles. The predicted molar refractivity (Wildman–Crippen MR) is 74.5 cm³/mol. The Hall–Kier alpha value is -1.44. The molecule has 2 heterocycles. The maximum absolute atomic E-state index is 10.7. The first kappa shape index (κ1) is 15.0. The van der Waals surface area contributed by atoms with Gasteiger partial charge in [0, 0.05) is 0 Å². The molecule has 1 aliphatic rings. The second kappa shape index (κ2) is 6.34. The zero-order chi connectivity index (χ0) is 14.6. The minimum absolute atomic E-state index is 0.262. The standard InChI is InChI=1S/C13H18N2O4S/c1-12(15-7-9-19-10-8-15)14-5-2-13(3-6-14)4-11-20(16,17)18/h2-3,5-6H,1,4,7-11H2/p+1. The number of morpholine rings is 1. The summed E-state index contributed by atoms with van der Waals surface area (Å²) in [5.74, 6) is 0.608. The summed E-state index contributed by atoms with van der Waals surface area (Å²) < 4.78 is 37.3. The number of ether oxygens (including phenoxy) is 1. The monoisotopic (exact) mass is 299 g/mol. The van der Waals surface area contributed by atoms with Crippen LogP contribution in [0.2, 0.25) is 0 Å². The van der Waals surface area contributed by atoms with Gasteiger partial charge in [0.15, 0.2) is 0 Å². The van der Waals surface area contributed by atoms with Crippen molar-refractivity contribution in [1.29, 1.82) is 0 Å². The Balaban J connectivity index is 1.98. The molecular formula is C13H19N2O4S+. The van der Waals surface area contributed by atoms with Crippen molar-refractivity contribution in [2.24, 2.45) is 0 Å². The van der Waals surface area contributed by atoms with Crippen LogP contribution < -0.4 is 4.57 Å². The van der Waals surface area contributed by atoms with Crippen LogP contribution in [0.4, 0.5) is 0 Å². The Morgan fingerprint density at radius 3 is 2.50 bits per heavy atom. The fraction of sp³-hybridized carbons (Fsp3) is 0.462. The van der Waals surface area contributed by atoms with Crippen LogP contribution in [0.5, 0.6) is 0 Å². The number of nitrogens with zero attached hydrogens (tertiary/aromatic N) is 2.